The van der Waals surface area contributed by atoms with Gasteiger partial charge in [0.05, 0.1) is 18.8 Å². The summed E-state index contributed by atoms with van der Waals surface area (Å²) in [6, 6.07) is 8.93. The number of hydrogen-bond donors (Lipinski definition) is 2. The second kappa shape index (κ2) is 4.89. The van der Waals surface area contributed by atoms with Crippen molar-refractivity contribution in [2.45, 2.75) is 44.9 Å². The van der Waals surface area contributed by atoms with Crippen molar-refractivity contribution in [1.29, 1.82) is 0 Å². The summed E-state index contributed by atoms with van der Waals surface area (Å²) in [5.74, 6) is 0. The first-order valence-corrected chi connectivity index (χ1v) is 7.20. The third-order valence-electron chi connectivity index (χ3n) is 4.86. The fourth-order valence-corrected chi connectivity index (χ4v) is 3.14. The first-order valence-electron chi connectivity index (χ1n) is 7.20. The van der Waals surface area contributed by atoms with E-state index in [4.69, 9.17) is 4.74 Å². The molecule has 19 heavy (non-hydrogen) atoms. The number of aliphatic hydroxyl groups is 1. The molecule has 104 valence electrons. The number of benzene rings is 1. The van der Waals surface area contributed by atoms with Gasteiger partial charge in [-0.1, -0.05) is 38.1 Å². The molecule has 1 heterocycles. The van der Waals surface area contributed by atoms with E-state index in [0.29, 0.717) is 6.04 Å². The fraction of sp³-hybridized carbons (Fsp3) is 0.625. The van der Waals surface area contributed by atoms with Gasteiger partial charge in [-0.05, 0) is 24.0 Å². The maximum atomic E-state index is 9.77. The summed E-state index contributed by atoms with van der Waals surface area (Å²) < 4.78 is 5.89. The average molecular weight is 261 g/mol. The summed E-state index contributed by atoms with van der Waals surface area (Å²) in [4.78, 5) is 0. The van der Waals surface area contributed by atoms with E-state index in [1.807, 2.05) is 0 Å². The summed E-state index contributed by atoms with van der Waals surface area (Å²) in [6.07, 6.45) is 1.84. The molecule has 3 nitrogen and oxygen atoms in total. The molecule has 3 unspecified atom stereocenters. The predicted octanol–water partition coefficient (Wildman–Crippen LogP) is 2.05. The SMILES string of the molecule is CC1(C)C(O)CC1NCC1OCCc2ccccc21. The molecule has 0 radical (unpaired) electrons. The largest absolute Gasteiger partial charge is 0.392 e. The van der Waals surface area contributed by atoms with Crippen molar-refractivity contribution in [2.75, 3.05) is 13.2 Å². The number of rotatable bonds is 3. The van der Waals surface area contributed by atoms with Crippen molar-refractivity contribution >= 4 is 0 Å². The van der Waals surface area contributed by atoms with E-state index < -0.39 is 0 Å². The molecule has 1 saturated carbocycles. The van der Waals surface area contributed by atoms with Gasteiger partial charge in [0.1, 0.15) is 0 Å². The van der Waals surface area contributed by atoms with Gasteiger partial charge in [-0.2, -0.15) is 0 Å². The van der Waals surface area contributed by atoms with Crippen LogP contribution in [-0.4, -0.2) is 30.4 Å². The van der Waals surface area contributed by atoms with Gasteiger partial charge in [0, 0.05) is 18.0 Å². The second-order valence-electron chi connectivity index (χ2n) is 6.34. The lowest BCUT2D eigenvalue weighted by molar-refractivity contribution is -0.0774. The highest BCUT2D eigenvalue weighted by atomic mass is 16.5. The molecule has 3 heteroatoms. The van der Waals surface area contributed by atoms with Gasteiger partial charge in [0.15, 0.2) is 0 Å². The Labute approximate surface area is 115 Å². The summed E-state index contributed by atoms with van der Waals surface area (Å²) in [5.41, 5.74) is 2.71. The number of ether oxygens (including phenoxy) is 1. The first kappa shape index (κ1) is 13.1. The number of aliphatic hydroxyl groups excluding tert-OH is 1. The van der Waals surface area contributed by atoms with E-state index in [-0.39, 0.29) is 17.6 Å². The Balaban J connectivity index is 1.63. The zero-order chi connectivity index (χ0) is 13.5. The second-order valence-corrected chi connectivity index (χ2v) is 6.34. The van der Waals surface area contributed by atoms with Gasteiger partial charge in [0.2, 0.25) is 0 Å². The molecule has 3 atom stereocenters. The van der Waals surface area contributed by atoms with E-state index >= 15 is 0 Å². The number of hydrogen-bond acceptors (Lipinski definition) is 3. The van der Waals surface area contributed by atoms with Crippen LogP contribution in [-0.2, 0) is 11.2 Å². The Hall–Kier alpha value is -0.900. The molecule has 3 rings (SSSR count). The fourth-order valence-electron chi connectivity index (χ4n) is 3.14. The molecular weight excluding hydrogens is 238 g/mol. The molecule has 1 fully saturated rings. The predicted molar refractivity (Wildman–Crippen MR) is 75.0 cm³/mol. The normalized spacial score (nSPS) is 32.5. The van der Waals surface area contributed by atoms with Crippen LogP contribution >= 0.6 is 0 Å². The lowest BCUT2D eigenvalue weighted by Crippen LogP contribution is -2.60. The van der Waals surface area contributed by atoms with Crippen LogP contribution in [0.1, 0.15) is 37.5 Å². The average Bonchev–Trinajstić information content (AvgIpc) is 2.43. The van der Waals surface area contributed by atoms with Crippen LogP contribution in [0.5, 0.6) is 0 Å². The minimum atomic E-state index is -0.176. The lowest BCUT2D eigenvalue weighted by atomic mass is 9.64. The summed E-state index contributed by atoms with van der Waals surface area (Å²) in [6.45, 7) is 5.88. The van der Waals surface area contributed by atoms with Gasteiger partial charge >= 0.3 is 0 Å². The van der Waals surface area contributed by atoms with E-state index in [1.54, 1.807) is 0 Å². The minimum Gasteiger partial charge on any atom is -0.392 e. The molecule has 0 amide bonds. The summed E-state index contributed by atoms with van der Waals surface area (Å²) in [7, 11) is 0. The Morgan fingerprint density at radius 3 is 2.89 bits per heavy atom. The maximum absolute atomic E-state index is 9.77. The van der Waals surface area contributed by atoms with E-state index in [0.717, 1.165) is 26.0 Å². The van der Waals surface area contributed by atoms with Crippen LogP contribution in [0, 0.1) is 5.41 Å². The van der Waals surface area contributed by atoms with Crippen LogP contribution in [0.4, 0.5) is 0 Å². The molecular formula is C16H23NO2. The third kappa shape index (κ3) is 2.31. The van der Waals surface area contributed by atoms with Crippen molar-refractivity contribution in [3.63, 3.8) is 0 Å². The summed E-state index contributed by atoms with van der Waals surface area (Å²) >= 11 is 0. The van der Waals surface area contributed by atoms with Gasteiger partial charge in [0.25, 0.3) is 0 Å². The van der Waals surface area contributed by atoms with Crippen LogP contribution in [0.2, 0.25) is 0 Å². The van der Waals surface area contributed by atoms with E-state index in [2.05, 4.69) is 43.4 Å². The maximum Gasteiger partial charge on any atom is 0.0952 e. The lowest BCUT2D eigenvalue weighted by Gasteiger charge is -2.50. The van der Waals surface area contributed by atoms with Crippen molar-refractivity contribution in [3.8, 4) is 0 Å². The number of nitrogens with one attached hydrogen (secondary N) is 1. The zero-order valence-corrected chi connectivity index (χ0v) is 11.7. The van der Waals surface area contributed by atoms with E-state index in [9.17, 15) is 5.11 Å². The zero-order valence-electron chi connectivity index (χ0n) is 11.7. The van der Waals surface area contributed by atoms with Gasteiger partial charge in [-0.25, -0.2) is 0 Å². The van der Waals surface area contributed by atoms with Crippen LogP contribution in [0.15, 0.2) is 24.3 Å². The molecule has 1 aliphatic carbocycles. The first-order chi connectivity index (χ1) is 9.09. The Bertz CT molecular complexity index is 458. The topological polar surface area (TPSA) is 41.5 Å². The third-order valence-corrected chi connectivity index (χ3v) is 4.86. The Kier molecular flexibility index (Phi) is 3.37. The van der Waals surface area contributed by atoms with Gasteiger partial charge in [-0.15, -0.1) is 0 Å². The standard InChI is InChI=1S/C16H23NO2/c1-16(2)14(9-15(16)18)17-10-13-12-6-4-3-5-11(12)7-8-19-13/h3-6,13-15,17-18H,7-10H2,1-2H3. The Morgan fingerprint density at radius 1 is 1.37 bits per heavy atom. The quantitative estimate of drug-likeness (QED) is 0.875. The van der Waals surface area contributed by atoms with Crippen LogP contribution in [0.3, 0.4) is 0 Å². The minimum absolute atomic E-state index is 0.0197. The molecule has 0 bridgehead atoms. The van der Waals surface area contributed by atoms with Crippen molar-refractivity contribution in [1.82, 2.24) is 5.32 Å². The van der Waals surface area contributed by atoms with Gasteiger partial charge < -0.3 is 15.2 Å². The molecule has 2 N–H and O–H groups in total. The summed E-state index contributed by atoms with van der Waals surface area (Å²) in [5, 5.41) is 13.3. The smallest absolute Gasteiger partial charge is 0.0952 e. The highest BCUT2D eigenvalue weighted by molar-refractivity contribution is 5.31. The highest BCUT2D eigenvalue weighted by Crippen LogP contribution is 2.40. The molecule has 0 saturated heterocycles. The van der Waals surface area contributed by atoms with Crippen LogP contribution in [0.25, 0.3) is 0 Å². The van der Waals surface area contributed by atoms with Crippen molar-refractivity contribution in [2.24, 2.45) is 5.41 Å². The highest BCUT2D eigenvalue weighted by Gasteiger charge is 2.47. The van der Waals surface area contributed by atoms with Crippen molar-refractivity contribution in [3.05, 3.63) is 35.4 Å². The molecule has 1 aromatic rings. The van der Waals surface area contributed by atoms with E-state index in [1.165, 1.54) is 11.1 Å². The molecule has 2 aliphatic rings. The molecule has 0 aromatic heterocycles. The number of fused-ring (bicyclic) bond motifs is 1. The molecule has 1 aromatic carbocycles. The van der Waals surface area contributed by atoms with Crippen molar-refractivity contribution < 1.29 is 9.84 Å². The van der Waals surface area contributed by atoms with Gasteiger partial charge in [-0.3, -0.25) is 0 Å². The molecule has 1 aliphatic heterocycles. The van der Waals surface area contributed by atoms with Crippen LogP contribution < -0.4 is 5.32 Å². The monoisotopic (exact) mass is 261 g/mol. The Morgan fingerprint density at radius 2 is 2.16 bits per heavy atom. The molecule has 0 spiro atoms.